The Morgan fingerprint density at radius 1 is 1.03 bits per heavy atom. The number of carbonyl (C=O) groups is 1. The van der Waals surface area contributed by atoms with Crippen LogP contribution in [0.15, 0.2) is 78.0 Å². The monoisotopic (exact) mass is 484 g/mol. The maximum atomic E-state index is 12.5. The number of hydrogen-bond acceptors (Lipinski definition) is 5. The topological polar surface area (TPSA) is 69.0 Å². The van der Waals surface area contributed by atoms with Gasteiger partial charge in [0.1, 0.15) is 5.75 Å². The van der Waals surface area contributed by atoms with E-state index in [1.165, 1.54) is 18.9 Å². The van der Waals surface area contributed by atoms with Gasteiger partial charge in [0.2, 0.25) is 5.91 Å². The Labute approximate surface area is 199 Å². The number of hydrogen-bond donors (Lipinski definition) is 1. The number of amides is 1. The molecule has 0 atom stereocenters. The van der Waals surface area contributed by atoms with Crippen LogP contribution < -0.4 is 10.1 Å². The summed E-state index contributed by atoms with van der Waals surface area (Å²) < 4.78 is 7.05. The molecule has 0 radical (unpaired) electrons. The fourth-order valence-corrected chi connectivity index (χ4v) is 4.26. The number of halogens is 2. The van der Waals surface area contributed by atoms with Crippen molar-refractivity contribution in [1.29, 1.82) is 0 Å². The largest absolute Gasteiger partial charge is 0.495 e. The third-order valence-corrected chi connectivity index (χ3v) is 5.96. The number of aromatic nitrogens is 3. The second kappa shape index (κ2) is 10.1. The molecule has 0 saturated heterocycles. The Hall–Kier alpha value is -3.00. The maximum Gasteiger partial charge on any atom is 0.234 e. The number of carbonyl (C=O) groups excluding carboxylic acids is 1. The number of para-hydroxylation sites is 1. The molecular weight excluding hydrogens is 467 g/mol. The zero-order chi connectivity index (χ0) is 22.5. The number of nitrogens with one attached hydrogen (secondary N) is 1. The Bertz CT molecular complexity index is 1250. The summed E-state index contributed by atoms with van der Waals surface area (Å²) in [7, 11) is 1.54. The van der Waals surface area contributed by atoms with Crippen molar-refractivity contribution >= 4 is 46.6 Å². The summed E-state index contributed by atoms with van der Waals surface area (Å²) >= 11 is 13.6. The summed E-state index contributed by atoms with van der Waals surface area (Å²) in [5.41, 5.74) is 2.31. The van der Waals surface area contributed by atoms with Crippen molar-refractivity contribution in [3.63, 3.8) is 0 Å². The van der Waals surface area contributed by atoms with Crippen LogP contribution in [-0.2, 0) is 4.79 Å². The number of rotatable bonds is 7. The Kier molecular flexibility index (Phi) is 6.99. The van der Waals surface area contributed by atoms with Gasteiger partial charge < -0.3 is 10.1 Å². The number of methoxy groups -OCH3 is 1. The predicted octanol–water partition coefficient (Wildman–Crippen LogP) is 5.98. The molecule has 0 fully saturated rings. The molecule has 1 heterocycles. The van der Waals surface area contributed by atoms with Crippen LogP contribution in [-0.4, -0.2) is 33.5 Å². The quantitative estimate of drug-likeness (QED) is 0.326. The van der Waals surface area contributed by atoms with E-state index < -0.39 is 0 Å². The number of anilines is 1. The lowest BCUT2D eigenvalue weighted by Crippen LogP contribution is -2.14. The van der Waals surface area contributed by atoms with E-state index >= 15 is 0 Å². The van der Waals surface area contributed by atoms with Gasteiger partial charge in [0.15, 0.2) is 11.0 Å². The Morgan fingerprint density at radius 3 is 2.56 bits per heavy atom. The van der Waals surface area contributed by atoms with Gasteiger partial charge in [-0.1, -0.05) is 65.3 Å². The van der Waals surface area contributed by atoms with E-state index in [9.17, 15) is 4.79 Å². The van der Waals surface area contributed by atoms with Crippen molar-refractivity contribution in [1.82, 2.24) is 14.8 Å². The third kappa shape index (κ3) is 5.07. The smallest absolute Gasteiger partial charge is 0.234 e. The maximum absolute atomic E-state index is 12.5. The molecule has 9 heteroatoms. The van der Waals surface area contributed by atoms with Gasteiger partial charge in [0.25, 0.3) is 0 Å². The molecule has 6 nitrogen and oxygen atoms in total. The minimum Gasteiger partial charge on any atom is -0.495 e. The van der Waals surface area contributed by atoms with Crippen molar-refractivity contribution in [3.8, 4) is 22.8 Å². The Balaban J connectivity index is 1.56. The summed E-state index contributed by atoms with van der Waals surface area (Å²) in [5.74, 6) is 1.14. The van der Waals surface area contributed by atoms with Gasteiger partial charge in [0, 0.05) is 22.0 Å². The van der Waals surface area contributed by atoms with Crippen LogP contribution in [0, 0.1) is 0 Å². The molecule has 0 spiro atoms. The summed E-state index contributed by atoms with van der Waals surface area (Å²) in [5, 5.41) is 13.2. The van der Waals surface area contributed by atoms with E-state index in [-0.39, 0.29) is 11.7 Å². The van der Waals surface area contributed by atoms with E-state index in [4.69, 9.17) is 27.9 Å². The highest BCUT2D eigenvalue weighted by Gasteiger charge is 2.17. The number of nitrogens with zero attached hydrogens (tertiary/aromatic N) is 3. The lowest BCUT2D eigenvalue weighted by atomic mass is 10.2. The normalized spacial score (nSPS) is 10.7. The molecule has 0 aliphatic rings. The van der Waals surface area contributed by atoms with Gasteiger partial charge in [-0.05, 0) is 42.5 Å². The molecule has 32 heavy (non-hydrogen) atoms. The van der Waals surface area contributed by atoms with E-state index in [0.717, 1.165) is 11.3 Å². The van der Waals surface area contributed by atoms with Crippen LogP contribution in [0.2, 0.25) is 10.0 Å². The fraction of sp³-hybridized carbons (Fsp3) is 0.0870. The molecule has 3 aromatic carbocycles. The second-order valence-electron chi connectivity index (χ2n) is 6.67. The molecule has 1 N–H and O–H groups in total. The van der Waals surface area contributed by atoms with Gasteiger partial charge in [-0.2, -0.15) is 0 Å². The van der Waals surface area contributed by atoms with Crippen LogP contribution in [0.1, 0.15) is 0 Å². The first-order chi connectivity index (χ1) is 15.5. The first-order valence-electron chi connectivity index (χ1n) is 9.58. The summed E-state index contributed by atoms with van der Waals surface area (Å²) in [6.45, 7) is 0. The fourth-order valence-electron chi connectivity index (χ4n) is 3.06. The second-order valence-corrected chi connectivity index (χ2v) is 8.46. The van der Waals surface area contributed by atoms with Crippen molar-refractivity contribution in [2.75, 3.05) is 18.2 Å². The lowest BCUT2D eigenvalue weighted by molar-refractivity contribution is -0.113. The van der Waals surface area contributed by atoms with Crippen LogP contribution >= 0.6 is 35.0 Å². The molecule has 0 aliphatic heterocycles. The first kappa shape index (κ1) is 22.2. The van der Waals surface area contributed by atoms with Gasteiger partial charge >= 0.3 is 0 Å². The van der Waals surface area contributed by atoms with Crippen molar-refractivity contribution in [2.45, 2.75) is 5.16 Å². The van der Waals surface area contributed by atoms with Gasteiger partial charge in [-0.15, -0.1) is 10.2 Å². The zero-order valence-corrected chi connectivity index (χ0v) is 19.3. The molecule has 0 aliphatic carbocycles. The van der Waals surface area contributed by atoms with Crippen molar-refractivity contribution < 1.29 is 9.53 Å². The van der Waals surface area contributed by atoms with Gasteiger partial charge in [-0.3, -0.25) is 9.36 Å². The van der Waals surface area contributed by atoms with Crippen molar-refractivity contribution in [2.24, 2.45) is 0 Å². The van der Waals surface area contributed by atoms with Crippen LogP contribution in [0.25, 0.3) is 17.1 Å². The molecule has 162 valence electrons. The molecule has 0 bridgehead atoms. The van der Waals surface area contributed by atoms with E-state index in [1.807, 2.05) is 53.1 Å². The predicted molar refractivity (Wildman–Crippen MR) is 129 cm³/mol. The van der Waals surface area contributed by atoms with Crippen LogP contribution in [0.4, 0.5) is 5.69 Å². The molecule has 0 saturated carbocycles. The Morgan fingerprint density at radius 2 is 1.84 bits per heavy atom. The average Bonchev–Trinajstić information content (AvgIpc) is 3.22. The molecular formula is C23H18Cl2N4O2S. The highest BCUT2D eigenvalue weighted by Crippen LogP contribution is 2.30. The molecule has 1 amide bonds. The minimum atomic E-state index is -0.192. The molecule has 0 unspecified atom stereocenters. The average molecular weight is 485 g/mol. The van der Waals surface area contributed by atoms with E-state index in [2.05, 4.69) is 15.5 Å². The van der Waals surface area contributed by atoms with E-state index in [1.54, 1.807) is 24.3 Å². The molecule has 4 aromatic rings. The number of benzene rings is 3. The SMILES string of the molecule is COc1ccc(NC(=O)CSc2nnc(-c3cccc(Cl)c3)n2-c2ccccc2)cc1Cl. The highest BCUT2D eigenvalue weighted by atomic mass is 35.5. The molecule has 4 rings (SSSR count). The summed E-state index contributed by atoms with van der Waals surface area (Å²) in [6.07, 6.45) is 0. The number of thioether (sulfide) groups is 1. The van der Waals surface area contributed by atoms with E-state index in [0.29, 0.717) is 32.5 Å². The standard InChI is InChI=1S/C23H18Cl2N4O2S/c1-31-20-11-10-17(13-19(20)25)26-21(30)14-32-23-28-27-22(15-6-5-7-16(24)12-15)29(23)18-8-3-2-4-9-18/h2-13H,14H2,1H3,(H,26,30). The van der Waals surface area contributed by atoms with Crippen molar-refractivity contribution in [3.05, 3.63) is 82.8 Å². The highest BCUT2D eigenvalue weighted by molar-refractivity contribution is 7.99. The summed E-state index contributed by atoms with van der Waals surface area (Å²) in [4.78, 5) is 12.5. The van der Waals surface area contributed by atoms with Crippen LogP contribution in [0.3, 0.4) is 0 Å². The van der Waals surface area contributed by atoms with Gasteiger partial charge in [0.05, 0.1) is 17.9 Å². The molecule has 1 aromatic heterocycles. The zero-order valence-electron chi connectivity index (χ0n) is 17.0. The minimum absolute atomic E-state index is 0.143. The van der Waals surface area contributed by atoms with Gasteiger partial charge in [-0.25, -0.2) is 0 Å². The summed E-state index contributed by atoms with van der Waals surface area (Å²) in [6, 6.07) is 22.2. The van der Waals surface area contributed by atoms with Crippen LogP contribution in [0.5, 0.6) is 5.75 Å². The number of ether oxygens (including phenoxy) is 1. The third-order valence-electron chi connectivity index (χ3n) is 4.50. The lowest BCUT2D eigenvalue weighted by Gasteiger charge is -2.11. The first-order valence-corrected chi connectivity index (χ1v) is 11.3.